The van der Waals surface area contributed by atoms with E-state index in [0.29, 0.717) is 28.2 Å². The predicted molar refractivity (Wildman–Crippen MR) is 123 cm³/mol. The molecular formula is C26H27NO6. The summed E-state index contributed by atoms with van der Waals surface area (Å²) in [5.74, 6) is -0.261. The van der Waals surface area contributed by atoms with Gasteiger partial charge >= 0.3 is 5.97 Å². The van der Waals surface area contributed by atoms with Crippen molar-refractivity contribution >= 4 is 11.9 Å². The number of amides is 1. The maximum absolute atomic E-state index is 13.0. The molecule has 7 nitrogen and oxygen atoms in total. The minimum absolute atomic E-state index is 0.344. The lowest BCUT2D eigenvalue weighted by Gasteiger charge is -2.27. The molecule has 0 saturated carbocycles. The number of ether oxygens (including phenoxy) is 3. The van der Waals surface area contributed by atoms with Crippen LogP contribution in [-0.2, 0) is 19.9 Å². The molecule has 3 aromatic carbocycles. The summed E-state index contributed by atoms with van der Waals surface area (Å²) in [6.45, 7) is 1.22. The molecule has 0 aliphatic carbocycles. The van der Waals surface area contributed by atoms with Crippen LogP contribution in [0.25, 0.3) is 0 Å². The van der Waals surface area contributed by atoms with Gasteiger partial charge in [0.2, 0.25) is 5.60 Å². The number of carbonyl (C=O) groups excluding carboxylic acids is 2. The zero-order valence-electron chi connectivity index (χ0n) is 18.8. The molecule has 0 bridgehead atoms. The van der Waals surface area contributed by atoms with Gasteiger partial charge < -0.3 is 24.6 Å². The fourth-order valence-corrected chi connectivity index (χ4v) is 3.54. The van der Waals surface area contributed by atoms with Crippen molar-refractivity contribution in [1.82, 2.24) is 5.32 Å². The number of esters is 1. The number of hydrogen-bond acceptors (Lipinski definition) is 6. The van der Waals surface area contributed by atoms with Gasteiger partial charge in [0.25, 0.3) is 5.91 Å². The Morgan fingerprint density at radius 2 is 1.48 bits per heavy atom. The molecule has 0 fully saturated rings. The number of benzene rings is 3. The Hall–Kier alpha value is -3.84. The summed E-state index contributed by atoms with van der Waals surface area (Å²) < 4.78 is 15.9. The third kappa shape index (κ3) is 5.32. The largest absolute Gasteiger partial charge is 0.497 e. The van der Waals surface area contributed by atoms with E-state index in [-0.39, 0.29) is 0 Å². The molecule has 1 amide bonds. The van der Waals surface area contributed by atoms with E-state index in [0.717, 1.165) is 0 Å². The first-order valence-corrected chi connectivity index (χ1v) is 10.4. The molecule has 7 heteroatoms. The van der Waals surface area contributed by atoms with Gasteiger partial charge in [0, 0.05) is 5.56 Å². The molecular weight excluding hydrogens is 422 g/mol. The van der Waals surface area contributed by atoms with Crippen molar-refractivity contribution in [1.29, 1.82) is 0 Å². The van der Waals surface area contributed by atoms with Crippen LogP contribution in [0, 0.1) is 0 Å². The predicted octanol–water partition coefficient (Wildman–Crippen LogP) is 3.36. The molecule has 0 radical (unpaired) electrons. The van der Waals surface area contributed by atoms with Gasteiger partial charge in [0.05, 0.1) is 20.3 Å². The monoisotopic (exact) mass is 449 g/mol. The molecule has 172 valence electrons. The van der Waals surface area contributed by atoms with E-state index in [9.17, 15) is 14.7 Å². The van der Waals surface area contributed by atoms with Crippen molar-refractivity contribution in [3.8, 4) is 11.5 Å². The number of hydrogen-bond donors (Lipinski definition) is 2. The average molecular weight is 450 g/mol. The first kappa shape index (κ1) is 23.8. The first-order valence-electron chi connectivity index (χ1n) is 10.4. The maximum atomic E-state index is 13.0. The SMILES string of the molecule is COc1ccc(OC)c(C(C)NC(=O)COC(=O)C(O)(c2ccccc2)c2ccccc2)c1. The maximum Gasteiger partial charge on any atom is 0.348 e. The summed E-state index contributed by atoms with van der Waals surface area (Å²) in [6, 6.07) is 21.8. The van der Waals surface area contributed by atoms with Gasteiger partial charge in [0.1, 0.15) is 11.5 Å². The van der Waals surface area contributed by atoms with E-state index in [1.54, 1.807) is 92.9 Å². The molecule has 0 aliphatic heterocycles. The van der Waals surface area contributed by atoms with Gasteiger partial charge in [-0.2, -0.15) is 0 Å². The fourth-order valence-electron chi connectivity index (χ4n) is 3.54. The quantitative estimate of drug-likeness (QED) is 0.487. The minimum atomic E-state index is -2.05. The van der Waals surface area contributed by atoms with Crippen LogP contribution in [0.5, 0.6) is 11.5 Å². The third-order valence-corrected chi connectivity index (χ3v) is 5.29. The zero-order chi connectivity index (χ0) is 23.8. The van der Waals surface area contributed by atoms with Crippen molar-refractivity contribution in [2.24, 2.45) is 0 Å². The Labute approximate surface area is 192 Å². The topological polar surface area (TPSA) is 94.1 Å². The van der Waals surface area contributed by atoms with Gasteiger partial charge in [-0.05, 0) is 36.2 Å². The van der Waals surface area contributed by atoms with E-state index in [1.165, 1.54) is 7.11 Å². The van der Waals surface area contributed by atoms with Gasteiger partial charge in [0.15, 0.2) is 6.61 Å². The minimum Gasteiger partial charge on any atom is -0.497 e. The highest BCUT2D eigenvalue weighted by molar-refractivity contribution is 5.88. The smallest absolute Gasteiger partial charge is 0.348 e. The molecule has 2 N–H and O–H groups in total. The lowest BCUT2D eigenvalue weighted by atomic mass is 9.86. The van der Waals surface area contributed by atoms with Gasteiger partial charge in [-0.3, -0.25) is 4.79 Å². The Balaban J connectivity index is 1.73. The highest BCUT2D eigenvalue weighted by atomic mass is 16.6. The van der Waals surface area contributed by atoms with Crippen LogP contribution < -0.4 is 14.8 Å². The second-order valence-electron chi connectivity index (χ2n) is 7.42. The molecule has 3 rings (SSSR count). The van der Waals surface area contributed by atoms with E-state index >= 15 is 0 Å². The van der Waals surface area contributed by atoms with Crippen molar-refractivity contribution in [3.05, 3.63) is 95.6 Å². The van der Waals surface area contributed by atoms with Crippen LogP contribution in [0.4, 0.5) is 0 Å². The molecule has 0 aromatic heterocycles. The first-order chi connectivity index (χ1) is 15.9. The second-order valence-corrected chi connectivity index (χ2v) is 7.42. The van der Waals surface area contributed by atoms with Crippen molar-refractivity contribution < 1.29 is 28.9 Å². The standard InChI is InChI=1S/C26H27NO6/c1-18(22-16-21(31-2)14-15-23(22)32-3)27-24(28)17-33-25(29)26(30,19-10-6-4-7-11-19)20-12-8-5-9-13-20/h4-16,18,30H,17H2,1-3H3,(H,27,28). The molecule has 0 saturated heterocycles. The lowest BCUT2D eigenvalue weighted by molar-refractivity contribution is -0.164. The van der Waals surface area contributed by atoms with Crippen LogP contribution in [0.15, 0.2) is 78.9 Å². The Bertz CT molecular complexity index is 1040. The normalized spacial score (nSPS) is 11.9. The lowest BCUT2D eigenvalue weighted by Crippen LogP contribution is -2.40. The van der Waals surface area contributed by atoms with E-state index < -0.39 is 30.1 Å². The summed E-state index contributed by atoms with van der Waals surface area (Å²) in [5, 5.41) is 14.2. The Kier molecular flexibility index (Phi) is 7.69. The average Bonchev–Trinajstić information content (AvgIpc) is 2.87. The number of methoxy groups -OCH3 is 2. The summed E-state index contributed by atoms with van der Waals surface area (Å²) in [6.07, 6.45) is 0. The van der Waals surface area contributed by atoms with E-state index in [1.807, 2.05) is 0 Å². The molecule has 1 unspecified atom stereocenters. The zero-order valence-corrected chi connectivity index (χ0v) is 18.8. The summed E-state index contributed by atoms with van der Waals surface area (Å²) >= 11 is 0. The molecule has 33 heavy (non-hydrogen) atoms. The van der Waals surface area contributed by atoms with Crippen LogP contribution >= 0.6 is 0 Å². The van der Waals surface area contributed by atoms with E-state index in [2.05, 4.69) is 5.32 Å². The molecule has 3 aromatic rings. The highest BCUT2D eigenvalue weighted by Gasteiger charge is 2.41. The number of rotatable bonds is 9. The van der Waals surface area contributed by atoms with Gasteiger partial charge in [-0.25, -0.2) is 4.79 Å². The molecule has 0 heterocycles. The summed E-state index contributed by atoms with van der Waals surface area (Å²) in [7, 11) is 3.09. The number of nitrogens with one attached hydrogen (secondary N) is 1. The highest BCUT2D eigenvalue weighted by Crippen LogP contribution is 2.31. The molecule has 1 atom stereocenters. The van der Waals surface area contributed by atoms with Crippen LogP contribution in [0.2, 0.25) is 0 Å². The summed E-state index contributed by atoms with van der Waals surface area (Å²) in [4.78, 5) is 25.6. The molecule has 0 aliphatic rings. The van der Waals surface area contributed by atoms with Gasteiger partial charge in [-0.15, -0.1) is 0 Å². The van der Waals surface area contributed by atoms with Crippen LogP contribution in [0.1, 0.15) is 29.7 Å². The van der Waals surface area contributed by atoms with Crippen LogP contribution in [0.3, 0.4) is 0 Å². The fraction of sp³-hybridized carbons (Fsp3) is 0.231. The van der Waals surface area contributed by atoms with Crippen molar-refractivity contribution in [3.63, 3.8) is 0 Å². The number of aliphatic hydroxyl groups is 1. The van der Waals surface area contributed by atoms with Crippen molar-refractivity contribution in [2.45, 2.75) is 18.6 Å². The third-order valence-electron chi connectivity index (χ3n) is 5.29. The van der Waals surface area contributed by atoms with Gasteiger partial charge in [-0.1, -0.05) is 60.7 Å². The Morgan fingerprint density at radius 1 is 0.909 bits per heavy atom. The van der Waals surface area contributed by atoms with E-state index in [4.69, 9.17) is 14.2 Å². The van der Waals surface area contributed by atoms with Crippen LogP contribution in [-0.4, -0.2) is 37.8 Å². The Morgan fingerprint density at radius 3 is 2.00 bits per heavy atom. The van der Waals surface area contributed by atoms with Crippen molar-refractivity contribution in [2.75, 3.05) is 20.8 Å². The second kappa shape index (κ2) is 10.7. The number of carbonyl (C=O) groups is 2. The summed E-state index contributed by atoms with van der Waals surface area (Å²) in [5.41, 5.74) is -0.654. The molecule has 0 spiro atoms.